The lowest BCUT2D eigenvalue weighted by Gasteiger charge is -2.14. The van der Waals surface area contributed by atoms with E-state index in [1.165, 1.54) is 32.6 Å². The van der Waals surface area contributed by atoms with Gasteiger partial charge in [-0.05, 0) is 19.8 Å². The number of aryl methyl sites for hydroxylation is 1. The average molecular weight is 250 g/mol. The van der Waals surface area contributed by atoms with Gasteiger partial charge in [0.25, 0.3) is 0 Å². The second-order valence-corrected chi connectivity index (χ2v) is 5.01. The summed E-state index contributed by atoms with van der Waals surface area (Å²) in [6, 6.07) is 0.561. The van der Waals surface area contributed by atoms with Crippen LogP contribution in [0.2, 0.25) is 0 Å². The molecule has 5 nitrogen and oxygen atoms in total. The van der Waals surface area contributed by atoms with Gasteiger partial charge < -0.3 is 15.2 Å². The molecule has 0 atom stereocenters. The maximum atomic E-state index is 10.9. The van der Waals surface area contributed by atoms with Crippen molar-refractivity contribution in [3.05, 3.63) is 11.9 Å². The predicted molar refractivity (Wildman–Crippen MR) is 71.5 cm³/mol. The molecule has 0 saturated heterocycles. The molecule has 1 aliphatic carbocycles. The summed E-state index contributed by atoms with van der Waals surface area (Å²) in [4.78, 5) is 15.4. The summed E-state index contributed by atoms with van der Waals surface area (Å²) in [7, 11) is 0. The Bertz CT molecular complexity index is 407. The fourth-order valence-electron chi connectivity index (χ4n) is 2.44. The quantitative estimate of drug-likeness (QED) is 0.836. The number of nitrogens with one attached hydrogen (secondary N) is 2. The molecule has 5 heteroatoms. The molecule has 1 heterocycles. The van der Waals surface area contributed by atoms with Crippen molar-refractivity contribution in [1.29, 1.82) is 0 Å². The lowest BCUT2D eigenvalue weighted by Crippen LogP contribution is -2.25. The van der Waals surface area contributed by atoms with Gasteiger partial charge in [-0.2, -0.15) is 0 Å². The molecule has 0 unspecified atom stereocenters. The SMILES string of the molecule is CC(=O)NCCn1cc(C)nc1NC1CCCC1. The summed E-state index contributed by atoms with van der Waals surface area (Å²) in [5.74, 6) is 0.946. The molecule has 2 rings (SSSR count). The van der Waals surface area contributed by atoms with Crippen molar-refractivity contribution >= 4 is 11.9 Å². The maximum Gasteiger partial charge on any atom is 0.216 e. The number of carbonyl (C=O) groups is 1. The molecule has 100 valence electrons. The first kappa shape index (κ1) is 12.9. The molecule has 0 bridgehead atoms. The van der Waals surface area contributed by atoms with Gasteiger partial charge in [-0.15, -0.1) is 0 Å². The standard InChI is InChI=1S/C13H22N4O/c1-10-9-17(8-7-14-11(2)18)13(15-10)16-12-5-3-4-6-12/h9,12H,3-8H2,1-2H3,(H,14,18)(H,15,16). The van der Waals surface area contributed by atoms with Crippen molar-refractivity contribution in [1.82, 2.24) is 14.9 Å². The molecule has 18 heavy (non-hydrogen) atoms. The number of rotatable bonds is 5. The van der Waals surface area contributed by atoms with Gasteiger partial charge >= 0.3 is 0 Å². The molecule has 1 aromatic rings. The van der Waals surface area contributed by atoms with Crippen LogP contribution >= 0.6 is 0 Å². The number of imidazole rings is 1. The minimum Gasteiger partial charge on any atom is -0.355 e. The lowest BCUT2D eigenvalue weighted by atomic mass is 10.2. The predicted octanol–water partition coefficient (Wildman–Crippen LogP) is 1.68. The Hall–Kier alpha value is -1.52. The zero-order chi connectivity index (χ0) is 13.0. The Morgan fingerprint density at radius 1 is 1.50 bits per heavy atom. The third-order valence-corrected chi connectivity index (χ3v) is 3.31. The number of hydrogen-bond acceptors (Lipinski definition) is 3. The monoisotopic (exact) mass is 250 g/mol. The molecule has 1 saturated carbocycles. The van der Waals surface area contributed by atoms with Gasteiger partial charge in [-0.3, -0.25) is 4.79 Å². The van der Waals surface area contributed by atoms with Gasteiger partial charge in [0.05, 0.1) is 5.69 Å². The number of amides is 1. The van der Waals surface area contributed by atoms with Crippen molar-refractivity contribution in [2.24, 2.45) is 0 Å². The van der Waals surface area contributed by atoms with Crippen LogP contribution in [0.5, 0.6) is 0 Å². The van der Waals surface area contributed by atoms with Crippen LogP contribution in [0.25, 0.3) is 0 Å². The molecule has 0 spiro atoms. The smallest absolute Gasteiger partial charge is 0.216 e. The molecule has 1 aliphatic rings. The Morgan fingerprint density at radius 3 is 2.89 bits per heavy atom. The number of anilines is 1. The second-order valence-electron chi connectivity index (χ2n) is 5.01. The normalized spacial score (nSPS) is 15.9. The first-order valence-electron chi connectivity index (χ1n) is 6.70. The van der Waals surface area contributed by atoms with Crippen molar-refractivity contribution in [2.45, 2.75) is 52.1 Å². The minimum atomic E-state index is 0.0112. The van der Waals surface area contributed by atoms with Crippen LogP contribution in [0.4, 0.5) is 5.95 Å². The van der Waals surface area contributed by atoms with E-state index in [0.29, 0.717) is 12.6 Å². The van der Waals surface area contributed by atoms with Gasteiger partial charge in [0.1, 0.15) is 0 Å². The van der Waals surface area contributed by atoms with Crippen LogP contribution in [-0.4, -0.2) is 28.0 Å². The van der Waals surface area contributed by atoms with E-state index in [1.807, 2.05) is 13.1 Å². The first-order chi connectivity index (χ1) is 8.65. The van der Waals surface area contributed by atoms with Crippen LogP contribution in [0.15, 0.2) is 6.20 Å². The molecule has 0 radical (unpaired) electrons. The molecule has 1 amide bonds. The van der Waals surface area contributed by atoms with E-state index in [0.717, 1.165) is 18.2 Å². The van der Waals surface area contributed by atoms with Crippen LogP contribution in [-0.2, 0) is 11.3 Å². The van der Waals surface area contributed by atoms with Crippen molar-refractivity contribution in [3.63, 3.8) is 0 Å². The zero-order valence-electron chi connectivity index (χ0n) is 11.2. The molecular weight excluding hydrogens is 228 g/mol. The van der Waals surface area contributed by atoms with Crippen molar-refractivity contribution in [3.8, 4) is 0 Å². The highest BCUT2D eigenvalue weighted by Gasteiger charge is 2.17. The van der Waals surface area contributed by atoms with E-state index < -0.39 is 0 Å². The summed E-state index contributed by atoms with van der Waals surface area (Å²) < 4.78 is 2.09. The highest BCUT2D eigenvalue weighted by molar-refractivity contribution is 5.72. The fraction of sp³-hybridized carbons (Fsp3) is 0.692. The number of aromatic nitrogens is 2. The highest BCUT2D eigenvalue weighted by Crippen LogP contribution is 2.21. The van der Waals surface area contributed by atoms with Crippen LogP contribution < -0.4 is 10.6 Å². The Kier molecular flexibility index (Phi) is 4.23. The second kappa shape index (κ2) is 5.89. The molecule has 2 N–H and O–H groups in total. The maximum absolute atomic E-state index is 10.9. The summed E-state index contributed by atoms with van der Waals surface area (Å²) in [5.41, 5.74) is 1.01. The van der Waals surface area contributed by atoms with E-state index >= 15 is 0 Å². The molecule has 0 aliphatic heterocycles. The van der Waals surface area contributed by atoms with E-state index in [-0.39, 0.29) is 5.91 Å². The van der Waals surface area contributed by atoms with Crippen molar-refractivity contribution in [2.75, 3.05) is 11.9 Å². The Balaban J connectivity index is 1.93. The largest absolute Gasteiger partial charge is 0.355 e. The van der Waals surface area contributed by atoms with E-state index in [2.05, 4.69) is 20.2 Å². The minimum absolute atomic E-state index is 0.0112. The average Bonchev–Trinajstić information content (AvgIpc) is 2.89. The van der Waals surface area contributed by atoms with Gasteiger partial charge in [0, 0.05) is 32.3 Å². The van der Waals surface area contributed by atoms with E-state index in [4.69, 9.17) is 0 Å². The topological polar surface area (TPSA) is 59.0 Å². The molecule has 1 aromatic heterocycles. The molecule has 0 aromatic carbocycles. The van der Waals surface area contributed by atoms with Gasteiger partial charge in [-0.25, -0.2) is 4.98 Å². The number of nitrogens with zero attached hydrogens (tertiary/aromatic N) is 2. The van der Waals surface area contributed by atoms with Gasteiger partial charge in [-0.1, -0.05) is 12.8 Å². The Morgan fingerprint density at radius 2 is 2.22 bits per heavy atom. The van der Waals surface area contributed by atoms with Crippen LogP contribution in [0, 0.1) is 6.92 Å². The summed E-state index contributed by atoms with van der Waals surface area (Å²) >= 11 is 0. The number of hydrogen-bond donors (Lipinski definition) is 2. The summed E-state index contributed by atoms with van der Waals surface area (Å²) in [6.07, 6.45) is 7.11. The third kappa shape index (κ3) is 3.48. The van der Waals surface area contributed by atoms with Crippen molar-refractivity contribution < 1.29 is 4.79 Å². The van der Waals surface area contributed by atoms with Crippen LogP contribution in [0.1, 0.15) is 38.3 Å². The highest BCUT2D eigenvalue weighted by atomic mass is 16.1. The summed E-state index contributed by atoms with van der Waals surface area (Å²) in [5, 5.41) is 6.32. The van der Waals surface area contributed by atoms with Crippen LogP contribution in [0.3, 0.4) is 0 Å². The first-order valence-corrected chi connectivity index (χ1v) is 6.70. The molecule has 1 fully saturated rings. The lowest BCUT2D eigenvalue weighted by molar-refractivity contribution is -0.118. The van der Waals surface area contributed by atoms with E-state index in [9.17, 15) is 4.79 Å². The molecular formula is C13H22N4O. The van der Waals surface area contributed by atoms with E-state index in [1.54, 1.807) is 0 Å². The fourth-order valence-corrected chi connectivity index (χ4v) is 2.44. The van der Waals surface area contributed by atoms with Gasteiger partial charge in [0.15, 0.2) is 0 Å². The van der Waals surface area contributed by atoms with Gasteiger partial charge in [0.2, 0.25) is 11.9 Å². The third-order valence-electron chi connectivity index (χ3n) is 3.31. The summed E-state index contributed by atoms with van der Waals surface area (Å²) in [6.45, 7) is 4.94. The number of carbonyl (C=O) groups excluding carboxylic acids is 1. The zero-order valence-corrected chi connectivity index (χ0v) is 11.2. The Labute approximate surface area is 108 Å².